The Hall–Kier alpha value is -4.13. The summed E-state index contributed by atoms with van der Waals surface area (Å²) in [6.45, 7) is 0. The molecule has 3 rings (SSSR count). The molecule has 0 bridgehead atoms. The normalized spacial score (nSPS) is 11.2. The minimum atomic E-state index is -1.03. The molecule has 0 fully saturated rings. The summed E-state index contributed by atoms with van der Waals surface area (Å²) in [4.78, 5) is 15.8. The molecule has 8 N–H and O–H groups in total. The lowest BCUT2D eigenvalue weighted by molar-refractivity contribution is -0.130. The van der Waals surface area contributed by atoms with Crippen molar-refractivity contribution < 1.29 is 9.90 Å². The summed E-state index contributed by atoms with van der Waals surface area (Å²) >= 11 is 0. The molecule has 0 amide bonds. The standard InChI is InChI=1S/C21H19N5O2/c22-19(23)16-6-4-13-10-15(5-3-14(13)11-16)18(20(27)28)9-12-1-7-17(8-2-12)26-21(24)25/h1-11H,(H3,22,23)(H,27,28)(H4,24,25,26). The molecule has 0 atom stereocenters. The van der Waals surface area contributed by atoms with Crippen LogP contribution in [0, 0.1) is 5.41 Å². The summed E-state index contributed by atoms with van der Waals surface area (Å²) in [5, 5.41) is 18.9. The Morgan fingerprint density at radius 1 is 0.893 bits per heavy atom. The minimum absolute atomic E-state index is 0.0127. The summed E-state index contributed by atoms with van der Waals surface area (Å²) in [5.41, 5.74) is 18.9. The van der Waals surface area contributed by atoms with Crippen molar-refractivity contribution in [1.82, 2.24) is 0 Å². The molecule has 28 heavy (non-hydrogen) atoms. The van der Waals surface area contributed by atoms with Gasteiger partial charge in [-0.1, -0.05) is 36.4 Å². The molecule has 0 saturated carbocycles. The highest BCUT2D eigenvalue weighted by Crippen LogP contribution is 2.25. The summed E-state index contributed by atoms with van der Waals surface area (Å²) < 4.78 is 0. The third-order valence-electron chi connectivity index (χ3n) is 4.15. The first-order valence-electron chi connectivity index (χ1n) is 8.37. The second-order valence-corrected chi connectivity index (χ2v) is 6.18. The highest BCUT2D eigenvalue weighted by atomic mass is 16.4. The van der Waals surface area contributed by atoms with E-state index in [1.54, 1.807) is 54.6 Å². The third-order valence-corrected chi connectivity index (χ3v) is 4.15. The molecule has 0 unspecified atom stereocenters. The number of fused-ring (bicyclic) bond motifs is 1. The van der Waals surface area contributed by atoms with Gasteiger partial charge in [0, 0.05) is 5.56 Å². The Morgan fingerprint density at radius 2 is 1.46 bits per heavy atom. The number of hydrogen-bond donors (Lipinski definition) is 5. The molecule has 0 aromatic heterocycles. The summed E-state index contributed by atoms with van der Waals surface area (Å²) in [7, 11) is 0. The molecule has 0 radical (unpaired) electrons. The fraction of sp³-hybridized carbons (Fsp3) is 0. The number of nitrogens with one attached hydrogen (secondary N) is 1. The van der Waals surface area contributed by atoms with E-state index in [9.17, 15) is 9.90 Å². The van der Waals surface area contributed by atoms with Crippen molar-refractivity contribution in [2.75, 3.05) is 0 Å². The smallest absolute Gasteiger partial charge is 0.336 e. The first kappa shape index (κ1) is 18.7. The number of amidine groups is 1. The molecule has 3 aromatic rings. The van der Waals surface area contributed by atoms with Gasteiger partial charge < -0.3 is 22.3 Å². The molecule has 0 heterocycles. The van der Waals surface area contributed by atoms with Crippen LogP contribution in [0.25, 0.3) is 22.4 Å². The van der Waals surface area contributed by atoms with Crippen molar-refractivity contribution >= 4 is 45.9 Å². The van der Waals surface area contributed by atoms with Crippen LogP contribution in [0.15, 0.2) is 65.7 Å². The van der Waals surface area contributed by atoms with Crippen molar-refractivity contribution in [2.24, 2.45) is 22.2 Å². The summed E-state index contributed by atoms with van der Waals surface area (Å²) in [5.74, 6) is -1.09. The van der Waals surface area contributed by atoms with E-state index in [1.165, 1.54) is 0 Å². The molecule has 0 saturated heterocycles. The number of carbonyl (C=O) groups is 1. The van der Waals surface area contributed by atoms with Crippen LogP contribution in [0.2, 0.25) is 0 Å². The lowest BCUT2D eigenvalue weighted by Crippen LogP contribution is -2.21. The monoisotopic (exact) mass is 373 g/mol. The van der Waals surface area contributed by atoms with Crippen molar-refractivity contribution in [3.05, 3.63) is 77.4 Å². The first-order valence-corrected chi connectivity index (χ1v) is 8.37. The van der Waals surface area contributed by atoms with Crippen LogP contribution in [0.3, 0.4) is 0 Å². The Bertz CT molecular complexity index is 1130. The van der Waals surface area contributed by atoms with Crippen molar-refractivity contribution in [3.8, 4) is 0 Å². The number of nitrogen functional groups attached to an aromatic ring is 1. The molecule has 0 spiro atoms. The van der Waals surface area contributed by atoms with Gasteiger partial charge in [-0.05, 0) is 52.2 Å². The summed E-state index contributed by atoms with van der Waals surface area (Å²) in [6.07, 6.45) is 1.59. The third kappa shape index (κ3) is 4.16. The topological polar surface area (TPSA) is 152 Å². The van der Waals surface area contributed by atoms with Crippen LogP contribution < -0.4 is 17.2 Å². The maximum Gasteiger partial charge on any atom is 0.336 e. The van der Waals surface area contributed by atoms with Gasteiger partial charge in [0.2, 0.25) is 0 Å². The Morgan fingerprint density at radius 3 is 2.00 bits per heavy atom. The number of carboxylic acid groups (broad SMARTS) is 1. The van der Waals surface area contributed by atoms with Gasteiger partial charge in [-0.3, -0.25) is 5.41 Å². The number of nitrogens with zero attached hydrogens (tertiary/aromatic N) is 1. The molecule has 0 aliphatic carbocycles. The lowest BCUT2D eigenvalue weighted by atomic mass is 9.98. The number of aliphatic carboxylic acids is 1. The average Bonchev–Trinajstić information content (AvgIpc) is 2.65. The van der Waals surface area contributed by atoms with Gasteiger partial charge in [0.15, 0.2) is 5.96 Å². The molecule has 0 aliphatic heterocycles. The second-order valence-electron chi connectivity index (χ2n) is 6.18. The molecule has 140 valence electrons. The Kier molecular flexibility index (Phi) is 5.08. The van der Waals surface area contributed by atoms with Gasteiger partial charge >= 0.3 is 5.97 Å². The largest absolute Gasteiger partial charge is 0.478 e. The number of hydrogen-bond acceptors (Lipinski definition) is 3. The van der Waals surface area contributed by atoms with Crippen molar-refractivity contribution in [3.63, 3.8) is 0 Å². The van der Waals surface area contributed by atoms with E-state index in [4.69, 9.17) is 22.6 Å². The molecular weight excluding hydrogens is 354 g/mol. The molecule has 7 heteroatoms. The zero-order valence-electron chi connectivity index (χ0n) is 14.9. The highest BCUT2D eigenvalue weighted by molar-refractivity contribution is 6.21. The van der Waals surface area contributed by atoms with E-state index < -0.39 is 5.97 Å². The number of aliphatic imine (C=N–C) groups is 1. The quantitative estimate of drug-likeness (QED) is 0.201. The minimum Gasteiger partial charge on any atom is -0.478 e. The van der Waals surface area contributed by atoms with Crippen LogP contribution in [-0.4, -0.2) is 22.9 Å². The van der Waals surface area contributed by atoms with E-state index in [0.717, 1.165) is 10.8 Å². The van der Waals surface area contributed by atoms with Crippen LogP contribution in [0.1, 0.15) is 16.7 Å². The van der Waals surface area contributed by atoms with Crippen molar-refractivity contribution in [1.29, 1.82) is 5.41 Å². The van der Waals surface area contributed by atoms with E-state index in [-0.39, 0.29) is 17.4 Å². The van der Waals surface area contributed by atoms with Gasteiger partial charge in [-0.15, -0.1) is 0 Å². The fourth-order valence-electron chi connectivity index (χ4n) is 2.81. The van der Waals surface area contributed by atoms with Gasteiger partial charge in [-0.2, -0.15) is 0 Å². The fourth-order valence-corrected chi connectivity index (χ4v) is 2.81. The maximum atomic E-state index is 11.8. The van der Waals surface area contributed by atoms with Crippen molar-refractivity contribution in [2.45, 2.75) is 0 Å². The molecule has 3 aromatic carbocycles. The molecule has 7 nitrogen and oxygen atoms in total. The highest BCUT2D eigenvalue weighted by Gasteiger charge is 2.12. The van der Waals surface area contributed by atoms with E-state index >= 15 is 0 Å². The predicted octanol–water partition coefficient (Wildman–Crippen LogP) is 2.65. The van der Waals surface area contributed by atoms with Gasteiger partial charge in [0.1, 0.15) is 5.84 Å². The molecule has 0 aliphatic rings. The number of rotatable bonds is 5. The van der Waals surface area contributed by atoms with Gasteiger partial charge in [-0.25, -0.2) is 9.79 Å². The first-order chi connectivity index (χ1) is 13.3. The van der Waals surface area contributed by atoms with Crippen LogP contribution in [0.5, 0.6) is 0 Å². The van der Waals surface area contributed by atoms with Crippen LogP contribution in [0.4, 0.5) is 5.69 Å². The van der Waals surface area contributed by atoms with E-state index in [1.807, 2.05) is 12.1 Å². The number of nitrogens with two attached hydrogens (primary N) is 3. The van der Waals surface area contributed by atoms with E-state index in [2.05, 4.69) is 4.99 Å². The predicted molar refractivity (Wildman–Crippen MR) is 112 cm³/mol. The van der Waals surface area contributed by atoms with Crippen LogP contribution >= 0.6 is 0 Å². The SMILES string of the molecule is N=C(N)c1ccc2cc(C(=Cc3ccc(N=C(N)N)cc3)C(=O)O)ccc2c1. The van der Waals surface area contributed by atoms with Gasteiger partial charge in [0.05, 0.1) is 11.3 Å². The van der Waals surface area contributed by atoms with Crippen LogP contribution in [-0.2, 0) is 4.79 Å². The summed E-state index contributed by atoms with van der Waals surface area (Å²) in [6, 6.07) is 17.6. The number of guanidine groups is 1. The maximum absolute atomic E-state index is 11.8. The lowest BCUT2D eigenvalue weighted by Gasteiger charge is -2.07. The van der Waals surface area contributed by atoms with Gasteiger partial charge in [0.25, 0.3) is 0 Å². The Balaban J connectivity index is 2.01. The molecular formula is C21H19N5O2. The zero-order chi connectivity index (χ0) is 20.3. The average molecular weight is 373 g/mol. The number of carboxylic acids is 1. The van der Waals surface area contributed by atoms with E-state index in [0.29, 0.717) is 22.4 Å². The number of benzene rings is 3. The zero-order valence-corrected chi connectivity index (χ0v) is 14.9. The Labute approximate surface area is 161 Å². The second kappa shape index (κ2) is 7.63.